The Labute approximate surface area is 167 Å². The van der Waals surface area contributed by atoms with Crippen LogP contribution < -0.4 is 0 Å². The van der Waals surface area contributed by atoms with E-state index in [1.165, 1.54) is 37.9 Å². The first-order valence-electron chi connectivity index (χ1n) is 10.6. The van der Waals surface area contributed by atoms with Crippen LogP contribution in [0.4, 0.5) is 0 Å². The summed E-state index contributed by atoms with van der Waals surface area (Å²) >= 11 is 0. The summed E-state index contributed by atoms with van der Waals surface area (Å²) in [6.45, 7) is 4.98. The number of nitrogens with zero attached hydrogens (tertiary/aromatic N) is 2. The van der Waals surface area contributed by atoms with Gasteiger partial charge < -0.3 is 10.0 Å². The van der Waals surface area contributed by atoms with Crippen LogP contribution in [0.3, 0.4) is 0 Å². The summed E-state index contributed by atoms with van der Waals surface area (Å²) in [4.78, 5) is 17.4. The zero-order valence-electron chi connectivity index (χ0n) is 16.5. The van der Waals surface area contributed by atoms with Crippen molar-refractivity contribution in [1.82, 2.24) is 9.80 Å². The molecule has 2 heterocycles. The summed E-state index contributed by atoms with van der Waals surface area (Å²) in [5.74, 6) is 0.917. The molecular weight excluding hydrogens is 348 g/mol. The summed E-state index contributed by atoms with van der Waals surface area (Å²) < 4.78 is 0. The van der Waals surface area contributed by atoms with Gasteiger partial charge in [-0.05, 0) is 80.1 Å². The zero-order chi connectivity index (χ0) is 19.3. The van der Waals surface area contributed by atoms with Crippen LogP contribution in [0.15, 0.2) is 48.5 Å². The van der Waals surface area contributed by atoms with Gasteiger partial charge in [-0.1, -0.05) is 30.7 Å². The fourth-order valence-corrected chi connectivity index (χ4v) is 4.51. The summed E-state index contributed by atoms with van der Waals surface area (Å²) in [6, 6.07) is 15.7. The largest absolute Gasteiger partial charge is 0.508 e. The number of phenolic OH excluding ortho intramolecular Hbond substituents is 1. The predicted molar refractivity (Wildman–Crippen MR) is 111 cm³/mol. The molecular formula is C24H30N2O2. The van der Waals surface area contributed by atoms with Crippen molar-refractivity contribution in [1.29, 1.82) is 0 Å². The molecule has 0 radical (unpaired) electrons. The molecule has 0 saturated carbocycles. The van der Waals surface area contributed by atoms with Crippen molar-refractivity contribution in [3.63, 3.8) is 0 Å². The van der Waals surface area contributed by atoms with Gasteiger partial charge in [0.1, 0.15) is 5.75 Å². The molecule has 1 unspecified atom stereocenters. The van der Waals surface area contributed by atoms with Crippen LogP contribution in [0, 0.1) is 5.92 Å². The molecule has 1 amide bonds. The first-order chi connectivity index (χ1) is 13.7. The summed E-state index contributed by atoms with van der Waals surface area (Å²) in [6.07, 6.45) is 5.89. The van der Waals surface area contributed by atoms with E-state index >= 15 is 0 Å². The van der Waals surface area contributed by atoms with Gasteiger partial charge in [0.2, 0.25) is 0 Å². The predicted octanol–water partition coefficient (Wildman–Crippen LogP) is 4.08. The summed E-state index contributed by atoms with van der Waals surface area (Å²) in [7, 11) is 0. The van der Waals surface area contributed by atoms with Crippen molar-refractivity contribution in [3.8, 4) is 5.75 Å². The number of piperidine rings is 1. The molecule has 4 nitrogen and oxygen atoms in total. The van der Waals surface area contributed by atoms with Gasteiger partial charge in [-0.25, -0.2) is 0 Å². The first kappa shape index (κ1) is 19.0. The monoisotopic (exact) mass is 378 g/mol. The minimum absolute atomic E-state index is 0.142. The lowest BCUT2D eigenvalue weighted by molar-refractivity contribution is 0.0787. The number of phenols is 1. The van der Waals surface area contributed by atoms with Crippen molar-refractivity contribution in [3.05, 3.63) is 65.2 Å². The Morgan fingerprint density at radius 1 is 0.964 bits per heavy atom. The fourth-order valence-electron chi connectivity index (χ4n) is 4.51. The minimum atomic E-state index is 0.142. The van der Waals surface area contributed by atoms with Crippen LogP contribution in [0.25, 0.3) is 0 Å². The standard InChI is InChI=1S/C24H30N2O2/c27-23-6-4-5-20(16-23)15-21-11-14-26(18-21)24(28)22-9-7-19(8-10-22)17-25-12-2-1-3-13-25/h4-10,16,21,27H,1-3,11-15,17-18H2. The van der Waals surface area contributed by atoms with E-state index in [1.807, 2.05) is 35.2 Å². The van der Waals surface area contributed by atoms with Gasteiger partial charge in [0.25, 0.3) is 5.91 Å². The Balaban J connectivity index is 1.31. The first-order valence-corrected chi connectivity index (χ1v) is 10.6. The smallest absolute Gasteiger partial charge is 0.253 e. The lowest BCUT2D eigenvalue weighted by Gasteiger charge is -2.26. The number of hydrogen-bond donors (Lipinski definition) is 1. The number of likely N-dealkylation sites (tertiary alicyclic amines) is 2. The Hall–Kier alpha value is -2.33. The molecule has 148 valence electrons. The van der Waals surface area contributed by atoms with E-state index in [4.69, 9.17) is 0 Å². The van der Waals surface area contributed by atoms with E-state index in [-0.39, 0.29) is 5.91 Å². The molecule has 28 heavy (non-hydrogen) atoms. The normalized spacial score (nSPS) is 20.4. The Morgan fingerprint density at radius 2 is 1.75 bits per heavy atom. The molecule has 0 spiro atoms. The lowest BCUT2D eigenvalue weighted by Crippen LogP contribution is -2.29. The molecule has 0 aromatic heterocycles. The van der Waals surface area contributed by atoms with E-state index in [1.54, 1.807) is 6.07 Å². The van der Waals surface area contributed by atoms with E-state index in [2.05, 4.69) is 17.0 Å². The van der Waals surface area contributed by atoms with Gasteiger partial charge in [-0.2, -0.15) is 0 Å². The van der Waals surface area contributed by atoms with E-state index in [0.29, 0.717) is 11.7 Å². The van der Waals surface area contributed by atoms with Crippen molar-refractivity contribution in [2.45, 2.75) is 38.6 Å². The van der Waals surface area contributed by atoms with Crippen LogP contribution in [0.1, 0.15) is 47.2 Å². The van der Waals surface area contributed by atoms with Crippen molar-refractivity contribution < 1.29 is 9.90 Å². The molecule has 0 aliphatic carbocycles. The Kier molecular flexibility index (Phi) is 5.96. The lowest BCUT2D eigenvalue weighted by atomic mass is 9.98. The maximum atomic E-state index is 12.9. The van der Waals surface area contributed by atoms with Crippen molar-refractivity contribution >= 4 is 5.91 Å². The molecule has 4 heteroatoms. The molecule has 2 aromatic carbocycles. The van der Waals surface area contributed by atoms with Gasteiger partial charge in [0, 0.05) is 25.2 Å². The second-order valence-electron chi connectivity index (χ2n) is 8.31. The molecule has 2 aliphatic rings. The molecule has 2 fully saturated rings. The van der Waals surface area contributed by atoms with Gasteiger partial charge in [0.15, 0.2) is 0 Å². The summed E-state index contributed by atoms with van der Waals surface area (Å²) in [5.41, 5.74) is 3.23. The third-order valence-corrected chi connectivity index (χ3v) is 6.06. The maximum absolute atomic E-state index is 12.9. The fraction of sp³-hybridized carbons (Fsp3) is 0.458. The van der Waals surface area contributed by atoms with Crippen molar-refractivity contribution in [2.24, 2.45) is 5.92 Å². The van der Waals surface area contributed by atoms with Crippen molar-refractivity contribution in [2.75, 3.05) is 26.2 Å². The molecule has 0 bridgehead atoms. The highest BCUT2D eigenvalue weighted by Crippen LogP contribution is 2.24. The topological polar surface area (TPSA) is 43.8 Å². The summed E-state index contributed by atoms with van der Waals surface area (Å²) in [5, 5.41) is 9.63. The third-order valence-electron chi connectivity index (χ3n) is 6.06. The molecule has 1 atom stereocenters. The second-order valence-corrected chi connectivity index (χ2v) is 8.31. The van der Waals surface area contributed by atoms with Gasteiger partial charge >= 0.3 is 0 Å². The highest BCUT2D eigenvalue weighted by molar-refractivity contribution is 5.94. The third kappa shape index (κ3) is 4.74. The van der Waals surface area contributed by atoms with Crippen LogP contribution in [-0.2, 0) is 13.0 Å². The van der Waals surface area contributed by atoms with Gasteiger partial charge in [0.05, 0.1) is 0 Å². The SMILES string of the molecule is O=C(c1ccc(CN2CCCCC2)cc1)N1CCC(Cc2cccc(O)c2)C1. The number of hydrogen-bond acceptors (Lipinski definition) is 3. The number of aromatic hydroxyl groups is 1. The Morgan fingerprint density at radius 3 is 2.50 bits per heavy atom. The Bertz CT molecular complexity index is 797. The molecule has 4 rings (SSSR count). The number of carbonyl (C=O) groups excluding carboxylic acids is 1. The quantitative estimate of drug-likeness (QED) is 0.852. The number of benzene rings is 2. The van der Waals surface area contributed by atoms with E-state index in [0.717, 1.165) is 43.6 Å². The van der Waals surface area contributed by atoms with Crippen LogP contribution in [-0.4, -0.2) is 47.0 Å². The molecule has 2 aromatic rings. The number of rotatable bonds is 5. The molecule has 1 N–H and O–H groups in total. The number of amides is 1. The zero-order valence-corrected chi connectivity index (χ0v) is 16.5. The van der Waals surface area contributed by atoms with E-state index < -0.39 is 0 Å². The highest BCUT2D eigenvalue weighted by Gasteiger charge is 2.27. The van der Waals surface area contributed by atoms with Crippen LogP contribution >= 0.6 is 0 Å². The van der Waals surface area contributed by atoms with Gasteiger partial charge in [-0.15, -0.1) is 0 Å². The second kappa shape index (κ2) is 8.78. The highest BCUT2D eigenvalue weighted by atomic mass is 16.3. The number of carbonyl (C=O) groups is 1. The van der Waals surface area contributed by atoms with E-state index in [9.17, 15) is 9.90 Å². The van der Waals surface area contributed by atoms with Gasteiger partial charge in [-0.3, -0.25) is 9.69 Å². The van der Waals surface area contributed by atoms with Crippen LogP contribution in [0.2, 0.25) is 0 Å². The average Bonchev–Trinajstić information content (AvgIpc) is 3.17. The average molecular weight is 379 g/mol. The maximum Gasteiger partial charge on any atom is 0.253 e. The minimum Gasteiger partial charge on any atom is -0.508 e. The molecule has 2 saturated heterocycles. The molecule has 2 aliphatic heterocycles. The van der Waals surface area contributed by atoms with Crippen LogP contribution in [0.5, 0.6) is 5.75 Å².